The SMILES string of the molecule is CC(CBr)CN(C)CC1(O)CCOCC1. The second kappa shape index (κ2) is 6.18. The van der Waals surface area contributed by atoms with Gasteiger partial charge in [-0.25, -0.2) is 0 Å². The predicted molar refractivity (Wildman–Crippen MR) is 65.5 cm³/mol. The van der Waals surface area contributed by atoms with Gasteiger partial charge in [-0.15, -0.1) is 0 Å². The minimum absolute atomic E-state index is 0.529. The van der Waals surface area contributed by atoms with E-state index in [1.807, 2.05) is 0 Å². The Morgan fingerprint density at radius 3 is 2.60 bits per heavy atom. The maximum Gasteiger partial charge on any atom is 0.0817 e. The summed E-state index contributed by atoms with van der Waals surface area (Å²) in [7, 11) is 2.08. The van der Waals surface area contributed by atoms with E-state index < -0.39 is 5.60 Å². The number of alkyl halides is 1. The van der Waals surface area contributed by atoms with E-state index in [1.165, 1.54) is 0 Å². The average Bonchev–Trinajstić information content (AvgIpc) is 2.17. The molecule has 1 fully saturated rings. The maximum absolute atomic E-state index is 10.3. The summed E-state index contributed by atoms with van der Waals surface area (Å²) < 4.78 is 5.26. The van der Waals surface area contributed by atoms with E-state index in [0.717, 1.165) is 31.3 Å². The molecular weight excluding hydrogens is 258 g/mol. The van der Waals surface area contributed by atoms with Crippen LogP contribution in [0.3, 0.4) is 0 Å². The molecule has 0 aromatic heterocycles. The zero-order chi connectivity index (χ0) is 11.3. The minimum Gasteiger partial charge on any atom is -0.388 e. The number of aliphatic hydroxyl groups is 1. The first-order valence-corrected chi connectivity index (χ1v) is 6.72. The van der Waals surface area contributed by atoms with Crippen LogP contribution in [-0.2, 0) is 4.74 Å². The van der Waals surface area contributed by atoms with Gasteiger partial charge in [-0.1, -0.05) is 22.9 Å². The maximum atomic E-state index is 10.3. The Morgan fingerprint density at radius 2 is 2.07 bits per heavy atom. The van der Waals surface area contributed by atoms with Crippen molar-refractivity contribution in [3.8, 4) is 0 Å². The van der Waals surface area contributed by atoms with E-state index in [2.05, 4.69) is 34.8 Å². The van der Waals surface area contributed by atoms with Gasteiger partial charge in [0, 0.05) is 44.5 Å². The molecule has 0 radical (unpaired) electrons. The van der Waals surface area contributed by atoms with Crippen molar-refractivity contribution in [3.05, 3.63) is 0 Å². The van der Waals surface area contributed by atoms with Crippen molar-refractivity contribution in [1.29, 1.82) is 0 Å². The number of hydrogen-bond donors (Lipinski definition) is 1. The monoisotopic (exact) mass is 279 g/mol. The van der Waals surface area contributed by atoms with Gasteiger partial charge in [-0.2, -0.15) is 0 Å². The highest BCUT2D eigenvalue weighted by Gasteiger charge is 2.31. The van der Waals surface area contributed by atoms with Gasteiger partial charge < -0.3 is 14.7 Å². The van der Waals surface area contributed by atoms with Crippen LogP contribution >= 0.6 is 15.9 Å². The highest BCUT2D eigenvalue weighted by molar-refractivity contribution is 9.09. The fourth-order valence-corrected chi connectivity index (χ4v) is 2.26. The largest absolute Gasteiger partial charge is 0.388 e. The molecular formula is C11H22BrNO2. The van der Waals surface area contributed by atoms with Crippen molar-refractivity contribution in [3.63, 3.8) is 0 Å². The molecule has 15 heavy (non-hydrogen) atoms. The molecule has 1 atom stereocenters. The zero-order valence-electron chi connectivity index (χ0n) is 9.71. The van der Waals surface area contributed by atoms with Crippen LogP contribution in [0.5, 0.6) is 0 Å². The Morgan fingerprint density at radius 1 is 1.47 bits per heavy atom. The number of ether oxygens (including phenoxy) is 1. The molecule has 3 nitrogen and oxygen atoms in total. The Hall–Kier alpha value is 0.360. The van der Waals surface area contributed by atoms with Crippen LogP contribution in [0, 0.1) is 5.92 Å². The molecule has 0 spiro atoms. The van der Waals surface area contributed by atoms with E-state index >= 15 is 0 Å². The van der Waals surface area contributed by atoms with Crippen molar-refractivity contribution < 1.29 is 9.84 Å². The minimum atomic E-state index is -0.529. The normalized spacial score (nSPS) is 23.0. The molecule has 1 aliphatic heterocycles. The van der Waals surface area contributed by atoms with Crippen molar-refractivity contribution in [2.75, 3.05) is 38.7 Å². The van der Waals surface area contributed by atoms with Crippen LogP contribution in [-0.4, -0.2) is 54.3 Å². The van der Waals surface area contributed by atoms with E-state index in [9.17, 15) is 5.11 Å². The molecule has 0 saturated carbocycles. The summed E-state index contributed by atoms with van der Waals surface area (Å²) in [5, 5.41) is 11.3. The lowest BCUT2D eigenvalue weighted by Gasteiger charge is -2.36. The summed E-state index contributed by atoms with van der Waals surface area (Å²) >= 11 is 3.47. The quantitative estimate of drug-likeness (QED) is 0.775. The summed E-state index contributed by atoms with van der Waals surface area (Å²) in [6, 6.07) is 0. The first-order chi connectivity index (χ1) is 7.06. The van der Waals surface area contributed by atoms with Crippen LogP contribution in [0.15, 0.2) is 0 Å². The number of rotatable bonds is 5. The van der Waals surface area contributed by atoms with E-state index in [0.29, 0.717) is 19.1 Å². The molecule has 1 heterocycles. The van der Waals surface area contributed by atoms with Gasteiger partial charge in [-0.3, -0.25) is 0 Å². The number of hydrogen-bond acceptors (Lipinski definition) is 3. The van der Waals surface area contributed by atoms with Crippen LogP contribution in [0.4, 0.5) is 0 Å². The molecule has 1 N–H and O–H groups in total. The standard InChI is InChI=1S/C11H22BrNO2/c1-10(7-12)8-13(2)9-11(14)3-5-15-6-4-11/h10,14H,3-9H2,1-2H3. The third-order valence-corrected chi connectivity index (χ3v) is 3.98. The van der Waals surface area contributed by atoms with Crippen LogP contribution < -0.4 is 0 Å². The average molecular weight is 280 g/mol. The summed E-state index contributed by atoms with van der Waals surface area (Å²) in [5.41, 5.74) is -0.529. The van der Waals surface area contributed by atoms with Crippen LogP contribution in [0.1, 0.15) is 19.8 Å². The lowest BCUT2D eigenvalue weighted by Crippen LogP contribution is -2.46. The first-order valence-electron chi connectivity index (χ1n) is 5.60. The zero-order valence-corrected chi connectivity index (χ0v) is 11.3. The molecule has 1 aliphatic rings. The van der Waals surface area contributed by atoms with E-state index in [4.69, 9.17) is 4.74 Å². The van der Waals surface area contributed by atoms with Gasteiger partial charge in [0.1, 0.15) is 0 Å². The molecule has 0 amide bonds. The Balaban J connectivity index is 2.31. The summed E-state index contributed by atoms with van der Waals surface area (Å²) in [5.74, 6) is 0.624. The fourth-order valence-electron chi connectivity index (χ4n) is 2.06. The molecule has 0 aromatic rings. The number of nitrogens with zero attached hydrogens (tertiary/aromatic N) is 1. The third-order valence-electron chi connectivity index (χ3n) is 2.87. The first kappa shape index (κ1) is 13.4. The van der Waals surface area contributed by atoms with Crippen molar-refractivity contribution in [2.24, 2.45) is 5.92 Å². The van der Waals surface area contributed by atoms with Crippen molar-refractivity contribution >= 4 is 15.9 Å². The number of halogens is 1. The van der Waals surface area contributed by atoms with Crippen molar-refractivity contribution in [1.82, 2.24) is 4.90 Å². The summed E-state index contributed by atoms with van der Waals surface area (Å²) in [6.45, 7) is 5.37. The summed E-state index contributed by atoms with van der Waals surface area (Å²) in [4.78, 5) is 2.22. The van der Waals surface area contributed by atoms with Gasteiger partial charge in [0.2, 0.25) is 0 Å². The van der Waals surface area contributed by atoms with Gasteiger partial charge >= 0.3 is 0 Å². The predicted octanol–water partition coefficient (Wildman–Crippen LogP) is 1.49. The second-order valence-electron chi connectivity index (χ2n) is 4.79. The lowest BCUT2D eigenvalue weighted by molar-refractivity contribution is -0.0776. The Bertz CT molecular complexity index is 183. The molecule has 4 heteroatoms. The second-order valence-corrected chi connectivity index (χ2v) is 5.44. The molecule has 1 saturated heterocycles. The molecule has 1 unspecified atom stereocenters. The smallest absolute Gasteiger partial charge is 0.0817 e. The number of likely N-dealkylation sites (N-methyl/N-ethyl adjacent to an activating group) is 1. The third kappa shape index (κ3) is 4.81. The molecule has 0 aliphatic carbocycles. The lowest BCUT2D eigenvalue weighted by atomic mass is 9.93. The van der Waals surface area contributed by atoms with E-state index in [-0.39, 0.29) is 0 Å². The highest BCUT2D eigenvalue weighted by Crippen LogP contribution is 2.21. The van der Waals surface area contributed by atoms with Gasteiger partial charge in [-0.05, 0) is 13.0 Å². The van der Waals surface area contributed by atoms with Crippen LogP contribution in [0.25, 0.3) is 0 Å². The topological polar surface area (TPSA) is 32.7 Å². The van der Waals surface area contributed by atoms with Crippen molar-refractivity contribution in [2.45, 2.75) is 25.4 Å². The van der Waals surface area contributed by atoms with Crippen LogP contribution in [0.2, 0.25) is 0 Å². The Labute approximate surface area is 101 Å². The van der Waals surface area contributed by atoms with E-state index in [1.54, 1.807) is 0 Å². The molecule has 90 valence electrons. The van der Waals surface area contributed by atoms with Gasteiger partial charge in [0.05, 0.1) is 5.60 Å². The molecule has 0 bridgehead atoms. The Kier molecular flexibility index (Phi) is 5.53. The molecule has 1 rings (SSSR count). The molecule has 0 aromatic carbocycles. The van der Waals surface area contributed by atoms with Gasteiger partial charge in [0.15, 0.2) is 0 Å². The fraction of sp³-hybridized carbons (Fsp3) is 1.00. The highest BCUT2D eigenvalue weighted by atomic mass is 79.9. The van der Waals surface area contributed by atoms with Gasteiger partial charge in [0.25, 0.3) is 0 Å². The summed E-state index contributed by atoms with van der Waals surface area (Å²) in [6.07, 6.45) is 1.53.